The minimum atomic E-state index is -0.0389. The highest BCUT2D eigenvalue weighted by atomic mass is 16.6. The fourth-order valence-corrected chi connectivity index (χ4v) is 3.44. The smallest absolute Gasteiger partial charge is 0.224 e. The Morgan fingerprint density at radius 1 is 1.07 bits per heavy atom. The van der Waals surface area contributed by atoms with Gasteiger partial charge in [0.05, 0.1) is 11.4 Å². The van der Waals surface area contributed by atoms with Crippen molar-refractivity contribution in [2.24, 2.45) is 0 Å². The van der Waals surface area contributed by atoms with Crippen LogP contribution in [0.2, 0.25) is 0 Å². The van der Waals surface area contributed by atoms with E-state index in [-0.39, 0.29) is 5.91 Å². The number of nitrogens with one attached hydrogen (secondary N) is 1. The lowest BCUT2D eigenvalue weighted by molar-refractivity contribution is -0.116. The van der Waals surface area contributed by atoms with Crippen molar-refractivity contribution < 1.29 is 14.3 Å². The van der Waals surface area contributed by atoms with Gasteiger partial charge in [0, 0.05) is 23.9 Å². The van der Waals surface area contributed by atoms with Crippen molar-refractivity contribution in [1.82, 2.24) is 9.78 Å². The second-order valence-corrected chi connectivity index (χ2v) is 6.80. The van der Waals surface area contributed by atoms with E-state index < -0.39 is 0 Å². The van der Waals surface area contributed by atoms with Crippen LogP contribution in [0, 0.1) is 13.8 Å². The van der Waals surface area contributed by atoms with Crippen molar-refractivity contribution in [2.45, 2.75) is 26.7 Å². The molecule has 2 aromatic carbocycles. The number of aromatic nitrogens is 2. The van der Waals surface area contributed by atoms with Crippen LogP contribution in [0.25, 0.3) is 5.69 Å². The third kappa shape index (κ3) is 3.71. The number of carbonyl (C=O) groups excluding carboxylic acids is 1. The standard InChI is InChI=1S/C22H23N3O3/c1-15-19(16(2)25(24-15)18-6-4-3-5-7-18)9-11-22(26)23-17-8-10-20-21(14-17)28-13-12-27-20/h3-8,10,14H,9,11-13H2,1-2H3,(H,23,26). The molecule has 1 aromatic heterocycles. The molecule has 1 N–H and O–H groups in total. The highest BCUT2D eigenvalue weighted by molar-refractivity contribution is 5.91. The predicted octanol–water partition coefficient (Wildman–Crippen LogP) is 3.83. The van der Waals surface area contributed by atoms with Gasteiger partial charge in [-0.25, -0.2) is 4.68 Å². The Morgan fingerprint density at radius 3 is 2.61 bits per heavy atom. The first-order chi connectivity index (χ1) is 13.6. The van der Waals surface area contributed by atoms with Crippen molar-refractivity contribution >= 4 is 11.6 Å². The monoisotopic (exact) mass is 377 g/mol. The summed E-state index contributed by atoms with van der Waals surface area (Å²) in [5.74, 6) is 1.34. The average Bonchev–Trinajstić information content (AvgIpc) is 3.00. The summed E-state index contributed by atoms with van der Waals surface area (Å²) in [7, 11) is 0. The fourth-order valence-electron chi connectivity index (χ4n) is 3.44. The van der Waals surface area contributed by atoms with Crippen molar-refractivity contribution in [3.8, 4) is 17.2 Å². The molecule has 0 bridgehead atoms. The Morgan fingerprint density at radius 2 is 1.82 bits per heavy atom. The van der Waals surface area contributed by atoms with E-state index in [1.54, 1.807) is 6.07 Å². The Labute approximate surface area is 164 Å². The van der Waals surface area contributed by atoms with Gasteiger partial charge in [0.25, 0.3) is 0 Å². The van der Waals surface area contributed by atoms with E-state index in [1.807, 2.05) is 61.0 Å². The van der Waals surface area contributed by atoms with Gasteiger partial charge in [-0.1, -0.05) is 18.2 Å². The van der Waals surface area contributed by atoms with Gasteiger partial charge in [0.1, 0.15) is 13.2 Å². The molecule has 0 saturated carbocycles. The first kappa shape index (κ1) is 18.1. The van der Waals surface area contributed by atoms with Gasteiger partial charge in [-0.2, -0.15) is 5.10 Å². The van der Waals surface area contributed by atoms with E-state index in [0.717, 1.165) is 22.6 Å². The molecular weight excluding hydrogens is 354 g/mol. The van der Waals surface area contributed by atoms with Crippen LogP contribution in [0.4, 0.5) is 5.69 Å². The number of nitrogens with zero attached hydrogens (tertiary/aromatic N) is 2. The lowest BCUT2D eigenvalue weighted by Crippen LogP contribution is -2.16. The number of hydrogen-bond donors (Lipinski definition) is 1. The molecule has 2 heterocycles. The van der Waals surface area contributed by atoms with Crippen LogP contribution in [0.15, 0.2) is 48.5 Å². The molecular formula is C22H23N3O3. The number of carbonyl (C=O) groups is 1. The molecule has 0 fully saturated rings. The fraction of sp³-hybridized carbons (Fsp3) is 0.273. The zero-order valence-electron chi connectivity index (χ0n) is 16.1. The lowest BCUT2D eigenvalue weighted by Gasteiger charge is -2.19. The van der Waals surface area contributed by atoms with E-state index in [4.69, 9.17) is 9.47 Å². The second-order valence-electron chi connectivity index (χ2n) is 6.80. The highest BCUT2D eigenvalue weighted by Gasteiger charge is 2.15. The van der Waals surface area contributed by atoms with Gasteiger partial charge in [-0.15, -0.1) is 0 Å². The molecule has 0 spiro atoms. The normalized spacial score (nSPS) is 12.6. The topological polar surface area (TPSA) is 65.4 Å². The van der Waals surface area contributed by atoms with E-state index in [9.17, 15) is 4.79 Å². The number of aryl methyl sites for hydroxylation is 1. The van der Waals surface area contributed by atoms with E-state index >= 15 is 0 Å². The van der Waals surface area contributed by atoms with E-state index in [2.05, 4.69) is 10.4 Å². The number of para-hydroxylation sites is 1. The molecule has 0 atom stereocenters. The average molecular weight is 377 g/mol. The molecule has 1 amide bonds. The summed E-state index contributed by atoms with van der Waals surface area (Å²) in [4.78, 5) is 12.4. The number of anilines is 1. The highest BCUT2D eigenvalue weighted by Crippen LogP contribution is 2.32. The molecule has 0 saturated heterocycles. The maximum absolute atomic E-state index is 12.4. The van der Waals surface area contributed by atoms with Gasteiger partial charge < -0.3 is 14.8 Å². The third-order valence-electron chi connectivity index (χ3n) is 4.87. The van der Waals surface area contributed by atoms with Gasteiger partial charge in [0.15, 0.2) is 11.5 Å². The summed E-state index contributed by atoms with van der Waals surface area (Å²) < 4.78 is 13.0. The van der Waals surface area contributed by atoms with Gasteiger partial charge in [0.2, 0.25) is 5.91 Å². The summed E-state index contributed by atoms with van der Waals surface area (Å²) in [6.07, 6.45) is 1.03. The largest absolute Gasteiger partial charge is 0.486 e. The first-order valence-electron chi connectivity index (χ1n) is 9.42. The molecule has 1 aliphatic heterocycles. The van der Waals surface area contributed by atoms with Crippen LogP contribution in [0.1, 0.15) is 23.4 Å². The predicted molar refractivity (Wildman–Crippen MR) is 107 cm³/mol. The minimum absolute atomic E-state index is 0.0389. The maximum Gasteiger partial charge on any atom is 0.224 e. The Hall–Kier alpha value is -3.28. The van der Waals surface area contributed by atoms with Crippen molar-refractivity contribution in [3.63, 3.8) is 0 Å². The number of benzene rings is 2. The SMILES string of the molecule is Cc1nn(-c2ccccc2)c(C)c1CCC(=O)Nc1ccc2c(c1)OCCO2. The molecule has 1 aliphatic rings. The first-order valence-corrected chi connectivity index (χ1v) is 9.42. The zero-order valence-corrected chi connectivity index (χ0v) is 16.1. The molecule has 4 rings (SSSR count). The third-order valence-corrected chi connectivity index (χ3v) is 4.87. The van der Waals surface area contributed by atoms with Crippen molar-refractivity contribution in [1.29, 1.82) is 0 Å². The van der Waals surface area contributed by atoms with Crippen LogP contribution >= 0.6 is 0 Å². The molecule has 144 valence electrons. The number of fused-ring (bicyclic) bond motifs is 1. The summed E-state index contributed by atoms with van der Waals surface area (Å²) in [6, 6.07) is 15.5. The maximum atomic E-state index is 12.4. The minimum Gasteiger partial charge on any atom is -0.486 e. The van der Waals surface area contributed by atoms with E-state index in [1.165, 1.54) is 0 Å². The van der Waals surface area contributed by atoms with Gasteiger partial charge in [-0.05, 0) is 50.1 Å². The lowest BCUT2D eigenvalue weighted by atomic mass is 10.1. The van der Waals surface area contributed by atoms with Crippen molar-refractivity contribution in [3.05, 3.63) is 65.5 Å². The molecule has 0 aliphatic carbocycles. The van der Waals surface area contributed by atoms with E-state index in [0.29, 0.717) is 43.2 Å². The van der Waals surface area contributed by atoms with Crippen molar-refractivity contribution in [2.75, 3.05) is 18.5 Å². The number of rotatable bonds is 5. The second kappa shape index (κ2) is 7.76. The summed E-state index contributed by atoms with van der Waals surface area (Å²) in [6.45, 7) is 5.10. The van der Waals surface area contributed by atoms with Crippen LogP contribution in [0.3, 0.4) is 0 Å². The Bertz CT molecular complexity index is 996. The Balaban J connectivity index is 1.42. The Kier molecular flexibility index (Phi) is 5.02. The number of amides is 1. The van der Waals surface area contributed by atoms with Crippen LogP contribution in [-0.2, 0) is 11.2 Å². The van der Waals surface area contributed by atoms with Gasteiger partial charge in [-0.3, -0.25) is 4.79 Å². The van der Waals surface area contributed by atoms with Crippen LogP contribution in [-0.4, -0.2) is 28.9 Å². The number of hydrogen-bond acceptors (Lipinski definition) is 4. The summed E-state index contributed by atoms with van der Waals surface area (Å²) in [5, 5.41) is 7.58. The number of ether oxygens (including phenoxy) is 2. The van der Waals surface area contributed by atoms with Gasteiger partial charge >= 0.3 is 0 Å². The summed E-state index contributed by atoms with van der Waals surface area (Å²) in [5.41, 5.74) is 4.86. The molecule has 0 radical (unpaired) electrons. The van der Waals surface area contributed by atoms with Crippen LogP contribution in [0.5, 0.6) is 11.5 Å². The van der Waals surface area contributed by atoms with Crippen LogP contribution < -0.4 is 14.8 Å². The zero-order chi connectivity index (χ0) is 19.5. The molecule has 6 nitrogen and oxygen atoms in total. The quantitative estimate of drug-likeness (QED) is 0.734. The molecule has 6 heteroatoms. The molecule has 0 unspecified atom stereocenters. The summed E-state index contributed by atoms with van der Waals surface area (Å²) >= 11 is 0. The molecule has 28 heavy (non-hydrogen) atoms. The molecule has 3 aromatic rings.